The molecular weight excluding hydrogens is 321 g/mol. The summed E-state index contributed by atoms with van der Waals surface area (Å²) < 4.78 is 0. The fourth-order valence-electron chi connectivity index (χ4n) is 1.91. The molecule has 0 aliphatic rings. The van der Waals surface area contributed by atoms with Crippen LogP contribution in [0.15, 0.2) is 42.7 Å². The van der Waals surface area contributed by atoms with Crippen molar-refractivity contribution in [3.63, 3.8) is 0 Å². The molecule has 0 saturated carbocycles. The molecule has 0 spiro atoms. The SMILES string of the molecule is CN(CCc1ccncc1)C(=O)CNc1ccc(Cl)cc1Cl. The number of nitrogens with zero attached hydrogens (tertiary/aromatic N) is 2. The summed E-state index contributed by atoms with van der Waals surface area (Å²) in [5.41, 5.74) is 1.85. The Labute approximate surface area is 140 Å². The van der Waals surface area contributed by atoms with Gasteiger partial charge in [-0.15, -0.1) is 0 Å². The number of amides is 1. The molecule has 6 heteroatoms. The summed E-state index contributed by atoms with van der Waals surface area (Å²) in [6, 6.07) is 9.03. The lowest BCUT2D eigenvalue weighted by molar-refractivity contribution is -0.127. The predicted molar refractivity (Wildman–Crippen MR) is 90.5 cm³/mol. The molecule has 1 N–H and O–H groups in total. The quantitative estimate of drug-likeness (QED) is 0.877. The summed E-state index contributed by atoms with van der Waals surface area (Å²) >= 11 is 11.9. The number of anilines is 1. The zero-order valence-corrected chi connectivity index (χ0v) is 13.7. The van der Waals surface area contributed by atoms with Crippen LogP contribution in [-0.4, -0.2) is 35.9 Å². The van der Waals surface area contributed by atoms with Gasteiger partial charge in [0, 0.05) is 31.0 Å². The predicted octanol–water partition coefficient (Wildman–Crippen LogP) is 3.50. The van der Waals surface area contributed by atoms with Gasteiger partial charge in [0.2, 0.25) is 5.91 Å². The molecule has 0 atom stereocenters. The van der Waals surface area contributed by atoms with Crippen molar-refractivity contribution in [2.24, 2.45) is 0 Å². The Kier molecular flexibility index (Phi) is 6.04. The summed E-state index contributed by atoms with van der Waals surface area (Å²) in [5.74, 6) is 0.0000674. The third kappa shape index (κ3) is 4.90. The van der Waals surface area contributed by atoms with Crippen molar-refractivity contribution >= 4 is 34.8 Å². The molecule has 0 unspecified atom stereocenters. The molecule has 1 amide bonds. The third-order valence-electron chi connectivity index (χ3n) is 3.27. The van der Waals surface area contributed by atoms with E-state index in [-0.39, 0.29) is 12.5 Å². The van der Waals surface area contributed by atoms with Crippen LogP contribution in [0.5, 0.6) is 0 Å². The molecule has 0 aliphatic heterocycles. The van der Waals surface area contributed by atoms with Crippen molar-refractivity contribution in [2.75, 3.05) is 25.5 Å². The van der Waals surface area contributed by atoms with Gasteiger partial charge in [0.05, 0.1) is 17.3 Å². The molecule has 0 aliphatic carbocycles. The van der Waals surface area contributed by atoms with Gasteiger partial charge >= 0.3 is 0 Å². The number of halogens is 2. The summed E-state index contributed by atoms with van der Waals surface area (Å²) in [5, 5.41) is 4.09. The first-order chi connectivity index (χ1) is 10.6. The molecule has 1 aromatic carbocycles. The second-order valence-corrected chi connectivity index (χ2v) is 5.74. The zero-order chi connectivity index (χ0) is 15.9. The number of nitrogens with one attached hydrogen (secondary N) is 1. The lowest BCUT2D eigenvalue weighted by Crippen LogP contribution is -2.33. The van der Waals surface area contributed by atoms with Gasteiger partial charge in [-0.25, -0.2) is 0 Å². The van der Waals surface area contributed by atoms with Crippen molar-refractivity contribution < 1.29 is 4.79 Å². The maximum Gasteiger partial charge on any atom is 0.241 e. The van der Waals surface area contributed by atoms with Gasteiger partial charge in [0.15, 0.2) is 0 Å². The lowest BCUT2D eigenvalue weighted by Gasteiger charge is -2.18. The fraction of sp³-hybridized carbons (Fsp3) is 0.250. The molecular formula is C16H17Cl2N3O. The molecule has 0 saturated heterocycles. The number of rotatable bonds is 6. The number of aromatic nitrogens is 1. The topological polar surface area (TPSA) is 45.2 Å². The van der Waals surface area contributed by atoms with Crippen LogP contribution in [0, 0.1) is 0 Å². The summed E-state index contributed by atoms with van der Waals surface area (Å²) in [6.45, 7) is 0.840. The van der Waals surface area contributed by atoms with E-state index in [1.165, 1.54) is 0 Å². The maximum absolute atomic E-state index is 12.1. The lowest BCUT2D eigenvalue weighted by atomic mass is 10.2. The molecule has 0 bridgehead atoms. The first-order valence-electron chi connectivity index (χ1n) is 6.88. The van der Waals surface area contributed by atoms with Gasteiger partial charge in [0.1, 0.15) is 0 Å². The second kappa shape index (κ2) is 8.01. The number of hydrogen-bond acceptors (Lipinski definition) is 3. The minimum atomic E-state index is 0.0000674. The van der Waals surface area contributed by atoms with Crippen LogP contribution in [-0.2, 0) is 11.2 Å². The Bertz CT molecular complexity index is 635. The van der Waals surface area contributed by atoms with E-state index in [4.69, 9.17) is 23.2 Å². The van der Waals surface area contributed by atoms with Gasteiger partial charge in [-0.05, 0) is 42.3 Å². The molecule has 22 heavy (non-hydrogen) atoms. The van der Waals surface area contributed by atoms with E-state index in [1.54, 1.807) is 42.5 Å². The average Bonchev–Trinajstić information content (AvgIpc) is 2.52. The number of likely N-dealkylation sites (N-methyl/N-ethyl adjacent to an activating group) is 1. The number of carbonyl (C=O) groups excluding carboxylic acids is 1. The first kappa shape index (κ1) is 16.6. The highest BCUT2D eigenvalue weighted by Gasteiger charge is 2.09. The number of carbonyl (C=O) groups is 1. The molecule has 1 heterocycles. The van der Waals surface area contributed by atoms with E-state index >= 15 is 0 Å². The third-order valence-corrected chi connectivity index (χ3v) is 3.82. The standard InChI is InChI=1S/C16H17Cl2N3O/c1-21(9-6-12-4-7-19-8-5-12)16(22)11-20-15-3-2-13(17)10-14(15)18/h2-5,7-8,10,20H,6,9,11H2,1H3. The number of hydrogen-bond donors (Lipinski definition) is 1. The zero-order valence-electron chi connectivity index (χ0n) is 12.2. The van der Waals surface area contributed by atoms with Gasteiger partial charge in [0.25, 0.3) is 0 Å². The summed E-state index contributed by atoms with van der Waals surface area (Å²) in [4.78, 5) is 17.8. The monoisotopic (exact) mass is 337 g/mol. The summed E-state index contributed by atoms with van der Waals surface area (Å²) in [6.07, 6.45) is 4.30. The second-order valence-electron chi connectivity index (χ2n) is 4.90. The molecule has 0 fully saturated rings. The maximum atomic E-state index is 12.1. The van der Waals surface area contributed by atoms with E-state index in [0.29, 0.717) is 22.3 Å². The van der Waals surface area contributed by atoms with Crippen LogP contribution in [0.1, 0.15) is 5.56 Å². The van der Waals surface area contributed by atoms with Gasteiger partial charge < -0.3 is 10.2 Å². The Morgan fingerprint density at radius 2 is 1.95 bits per heavy atom. The van der Waals surface area contributed by atoms with Crippen molar-refractivity contribution in [2.45, 2.75) is 6.42 Å². The van der Waals surface area contributed by atoms with Gasteiger partial charge in [-0.1, -0.05) is 23.2 Å². The van der Waals surface area contributed by atoms with Crippen LogP contribution >= 0.6 is 23.2 Å². The van der Waals surface area contributed by atoms with E-state index in [2.05, 4.69) is 10.3 Å². The number of benzene rings is 1. The van der Waals surface area contributed by atoms with Crippen LogP contribution in [0.4, 0.5) is 5.69 Å². The van der Waals surface area contributed by atoms with Crippen molar-refractivity contribution in [3.8, 4) is 0 Å². The highest BCUT2D eigenvalue weighted by molar-refractivity contribution is 6.36. The highest BCUT2D eigenvalue weighted by atomic mass is 35.5. The molecule has 1 aromatic heterocycles. The van der Waals surface area contributed by atoms with Crippen molar-refractivity contribution in [3.05, 3.63) is 58.3 Å². The molecule has 2 aromatic rings. The first-order valence-corrected chi connectivity index (χ1v) is 7.63. The largest absolute Gasteiger partial charge is 0.375 e. The number of pyridine rings is 1. The van der Waals surface area contributed by atoms with Gasteiger partial charge in [-0.2, -0.15) is 0 Å². The Hall–Kier alpha value is -1.78. The smallest absolute Gasteiger partial charge is 0.241 e. The Morgan fingerprint density at radius 1 is 1.23 bits per heavy atom. The van der Waals surface area contributed by atoms with Crippen LogP contribution in [0.3, 0.4) is 0 Å². The molecule has 2 rings (SSSR count). The van der Waals surface area contributed by atoms with E-state index in [0.717, 1.165) is 12.0 Å². The summed E-state index contributed by atoms with van der Waals surface area (Å²) in [7, 11) is 1.79. The van der Waals surface area contributed by atoms with Crippen molar-refractivity contribution in [1.29, 1.82) is 0 Å². The Morgan fingerprint density at radius 3 is 2.64 bits per heavy atom. The van der Waals surface area contributed by atoms with Crippen LogP contribution in [0.2, 0.25) is 10.0 Å². The van der Waals surface area contributed by atoms with Crippen molar-refractivity contribution in [1.82, 2.24) is 9.88 Å². The minimum absolute atomic E-state index is 0.0000674. The molecule has 116 valence electrons. The Balaban J connectivity index is 1.81. The average molecular weight is 338 g/mol. The van der Waals surface area contributed by atoms with Gasteiger partial charge in [-0.3, -0.25) is 9.78 Å². The van der Waals surface area contributed by atoms with E-state index in [9.17, 15) is 4.79 Å². The van der Waals surface area contributed by atoms with E-state index in [1.807, 2.05) is 12.1 Å². The van der Waals surface area contributed by atoms with Crippen LogP contribution in [0.25, 0.3) is 0 Å². The normalized spacial score (nSPS) is 10.3. The molecule has 4 nitrogen and oxygen atoms in total. The highest BCUT2D eigenvalue weighted by Crippen LogP contribution is 2.25. The van der Waals surface area contributed by atoms with E-state index < -0.39 is 0 Å². The molecule has 0 radical (unpaired) electrons. The minimum Gasteiger partial charge on any atom is -0.375 e. The fourth-order valence-corrected chi connectivity index (χ4v) is 2.38. The van der Waals surface area contributed by atoms with Crippen LogP contribution < -0.4 is 5.32 Å².